The number of carbonyl (C=O) groups excluding carboxylic acids is 1. The van der Waals surface area contributed by atoms with Crippen molar-refractivity contribution in [2.24, 2.45) is 0 Å². The number of carbonyl (C=O) groups is 1. The van der Waals surface area contributed by atoms with E-state index in [1.165, 1.54) is 17.5 Å². The maximum atomic E-state index is 12.8. The Morgan fingerprint density at radius 2 is 2.03 bits per heavy atom. The van der Waals surface area contributed by atoms with E-state index < -0.39 is 6.10 Å². The number of aromatic nitrogens is 6. The van der Waals surface area contributed by atoms with Crippen molar-refractivity contribution in [1.82, 2.24) is 34.4 Å². The number of nitrogens with zero attached hydrogens (tertiary/aromatic N) is 6. The first-order valence-electron chi connectivity index (χ1n) is 10.3. The molecule has 1 aliphatic heterocycles. The minimum absolute atomic E-state index is 0.0204. The number of β-amino-alcohol motifs (C(OH)–C–C–N with tert-alkyl or cyclic N) is 1. The fourth-order valence-electron chi connectivity index (χ4n) is 4.18. The van der Waals surface area contributed by atoms with Crippen molar-refractivity contribution in [3.63, 3.8) is 0 Å². The number of aliphatic hydroxyl groups excluding tert-OH is 1. The number of rotatable bonds is 4. The van der Waals surface area contributed by atoms with E-state index in [1.54, 1.807) is 15.8 Å². The number of nitrogens with one attached hydrogen (secondary N) is 1. The monoisotopic (exact) mass is 420 g/mol. The first-order valence-corrected chi connectivity index (χ1v) is 10.3. The van der Waals surface area contributed by atoms with Crippen molar-refractivity contribution in [1.29, 1.82) is 0 Å². The number of imidazole rings is 2. The number of aliphatic hydroxyl groups is 1. The third-order valence-electron chi connectivity index (χ3n) is 6.08. The highest BCUT2D eigenvalue weighted by Crippen LogP contribution is 2.27. The van der Waals surface area contributed by atoms with Gasteiger partial charge >= 0.3 is 0 Å². The lowest BCUT2D eigenvalue weighted by Gasteiger charge is -2.17. The number of nitrogens with two attached hydrogens (primary N) is 1. The first-order chi connectivity index (χ1) is 14.9. The number of likely N-dealkylation sites (tertiary alicyclic amines) is 1. The molecule has 5 rings (SSSR count). The Balaban J connectivity index is 1.28. The maximum Gasteiger partial charge on any atom is 0.223 e. The van der Waals surface area contributed by atoms with E-state index in [0.717, 1.165) is 16.9 Å². The number of anilines is 1. The van der Waals surface area contributed by atoms with Crippen LogP contribution in [-0.2, 0) is 11.2 Å². The maximum absolute atomic E-state index is 12.8. The van der Waals surface area contributed by atoms with Gasteiger partial charge in [0.05, 0.1) is 29.5 Å². The van der Waals surface area contributed by atoms with E-state index in [1.807, 2.05) is 0 Å². The highest BCUT2D eigenvalue weighted by atomic mass is 16.3. The van der Waals surface area contributed by atoms with Crippen molar-refractivity contribution >= 4 is 33.9 Å². The molecule has 1 amide bonds. The van der Waals surface area contributed by atoms with Gasteiger partial charge in [-0.15, -0.1) is 0 Å². The summed E-state index contributed by atoms with van der Waals surface area (Å²) in [7, 11) is 0. The summed E-state index contributed by atoms with van der Waals surface area (Å²) in [5.41, 5.74) is 11.2. The number of fused-ring (bicyclic) bond motifs is 2. The van der Waals surface area contributed by atoms with Crippen LogP contribution in [0.1, 0.15) is 29.4 Å². The third-order valence-corrected chi connectivity index (χ3v) is 6.08. The quantitative estimate of drug-likeness (QED) is 0.452. The van der Waals surface area contributed by atoms with Crippen LogP contribution in [0.5, 0.6) is 0 Å². The highest BCUT2D eigenvalue weighted by molar-refractivity contribution is 5.81. The smallest absolute Gasteiger partial charge is 0.223 e. The van der Waals surface area contributed by atoms with Gasteiger partial charge in [-0.25, -0.2) is 19.9 Å². The lowest BCUT2D eigenvalue weighted by Crippen LogP contribution is -2.29. The minimum atomic E-state index is -0.713. The molecule has 10 heteroatoms. The van der Waals surface area contributed by atoms with Gasteiger partial charge in [0.1, 0.15) is 17.7 Å². The van der Waals surface area contributed by atoms with Crippen LogP contribution < -0.4 is 5.73 Å². The highest BCUT2D eigenvalue weighted by Gasteiger charge is 2.36. The van der Waals surface area contributed by atoms with Crippen molar-refractivity contribution in [3.05, 3.63) is 41.7 Å². The topological polar surface area (TPSA) is 139 Å². The summed E-state index contributed by atoms with van der Waals surface area (Å²) < 4.78 is 1.77. The van der Waals surface area contributed by atoms with Crippen LogP contribution in [0.3, 0.4) is 0 Å². The third kappa shape index (κ3) is 3.38. The van der Waals surface area contributed by atoms with Crippen molar-refractivity contribution in [2.45, 2.75) is 38.8 Å². The number of amides is 1. The second-order valence-corrected chi connectivity index (χ2v) is 8.15. The van der Waals surface area contributed by atoms with Crippen LogP contribution in [0, 0.1) is 13.8 Å². The number of hydrogen-bond acceptors (Lipinski definition) is 7. The van der Waals surface area contributed by atoms with Crippen LogP contribution >= 0.6 is 0 Å². The zero-order valence-electron chi connectivity index (χ0n) is 17.4. The average molecular weight is 420 g/mol. The number of aryl methyl sites for hydroxylation is 3. The normalized spacial score (nSPS) is 19.0. The number of benzene rings is 1. The van der Waals surface area contributed by atoms with E-state index >= 15 is 0 Å². The second-order valence-electron chi connectivity index (χ2n) is 8.15. The molecule has 0 unspecified atom stereocenters. The van der Waals surface area contributed by atoms with Crippen LogP contribution in [0.2, 0.25) is 0 Å². The van der Waals surface area contributed by atoms with Gasteiger partial charge < -0.3 is 25.3 Å². The molecule has 0 radical (unpaired) electrons. The van der Waals surface area contributed by atoms with E-state index in [9.17, 15) is 9.90 Å². The summed E-state index contributed by atoms with van der Waals surface area (Å²) in [4.78, 5) is 34.9. The molecule has 3 aromatic heterocycles. The Morgan fingerprint density at radius 1 is 1.23 bits per heavy atom. The van der Waals surface area contributed by atoms with Crippen molar-refractivity contribution in [3.8, 4) is 0 Å². The second kappa shape index (κ2) is 7.31. The van der Waals surface area contributed by atoms with Crippen LogP contribution in [-0.4, -0.2) is 64.6 Å². The molecule has 1 aliphatic rings. The molecule has 1 fully saturated rings. The molecule has 4 aromatic rings. The largest absolute Gasteiger partial charge is 0.389 e. The summed E-state index contributed by atoms with van der Waals surface area (Å²) >= 11 is 0. The van der Waals surface area contributed by atoms with Gasteiger partial charge in [-0.05, 0) is 37.1 Å². The van der Waals surface area contributed by atoms with Crippen LogP contribution in [0.25, 0.3) is 22.2 Å². The van der Waals surface area contributed by atoms with Gasteiger partial charge in [0.15, 0.2) is 11.5 Å². The molecule has 4 heterocycles. The molecule has 160 valence electrons. The van der Waals surface area contributed by atoms with Crippen molar-refractivity contribution < 1.29 is 9.90 Å². The molecule has 0 bridgehead atoms. The Kier molecular flexibility index (Phi) is 4.58. The Morgan fingerprint density at radius 3 is 2.87 bits per heavy atom. The Hall–Kier alpha value is -3.53. The SMILES string of the molecule is Cc1cc2nc(CCC(=O)N3C[C@@H](O)[C@H](n4cnc5c(N)ncnc54)C3)[nH]c2cc1C. The van der Waals surface area contributed by atoms with Crippen LogP contribution in [0.15, 0.2) is 24.8 Å². The number of nitrogen functional groups attached to an aromatic ring is 1. The van der Waals surface area contributed by atoms with Gasteiger partial charge in [0.25, 0.3) is 0 Å². The molecule has 2 atom stereocenters. The van der Waals surface area contributed by atoms with E-state index in [4.69, 9.17) is 5.73 Å². The molecule has 0 aliphatic carbocycles. The van der Waals surface area contributed by atoms with E-state index in [-0.39, 0.29) is 18.5 Å². The molecular weight excluding hydrogens is 396 g/mol. The fourth-order valence-corrected chi connectivity index (χ4v) is 4.18. The number of aromatic amines is 1. The summed E-state index contributed by atoms with van der Waals surface area (Å²) in [6, 6.07) is 3.80. The molecule has 1 aromatic carbocycles. The zero-order valence-corrected chi connectivity index (χ0v) is 17.4. The van der Waals surface area contributed by atoms with Gasteiger partial charge in [-0.2, -0.15) is 0 Å². The summed E-state index contributed by atoms with van der Waals surface area (Å²) in [5, 5.41) is 10.6. The standard InChI is InChI=1S/C21H24N8O2/c1-11-5-13-14(6-12(11)2)27-17(26-13)3-4-18(31)28-7-15(16(30)8-28)29-10-25-19-20(22)23-9-24-21(19)29/h5-6,9-10,15-16,30H,3-4,7-8H2,1-2H3,(H,26,27)(H2,22,23,24)/t15-,16-/m1/s1. The summed E-state index contributed by atoms with van der Waals surface area (Å²) in [5.74, 6) is 1.06. The summed E-state index contributed by atoms with van der Waals surface area (Å²) in [6.45, 7) is 4.78. The molecule has 0 spiro atoms. The molecule has 10 nitrogen and oxygen atoms in total. The van der Waals surface area contributed by atoms with E-state index in [0.29, 0.717) is 36.4 Å². The molecule has 1 saturated heterocycles. The van der Waals surface area contributed by atoms with E-state index in [2.05, 4.69) is 50.9 Å². The lowest BCUT2D eigenvalue weighted by molar-refractivity contribution is -0.130. The number of H-pyrrole nitrogens is 1. The van der Waals surface area contributed by atoms with Gasteiger partial charge in [-0.3, -0.25) is 4.79 Å². The molecule has 0 saturated carbocycles. The minimum Gasteiger partial charge on any atom is -0.389 e. The molecule has 4 N–H and O–H groups in total. The molecule has 31 heavy (non-hydrogen) atoms. The van der Waals surface area contributed by atoms with Gasteiger partial charge in [-0.1, -0.05) is 0 Å². The zero-order chi connectivity index (χ0) is 21.7. The lowest BCUT2D eigenvalue weighted by atomic mass is 10.1. The predicted octanol–water partition coefficient (Wildman–Crippen LogP) is 1.28. The van der Waals surface area contributed by atoms with Gasteiger partial charge in [0, 0.05) is 25.9 Å². The molecular formula is C21H24N8O2. The average Bonchev–Trinajstić information content (AvgIpc) is 3.43. The van der Waals surface area contributed by atoms with Crippen molar-refractivity contribution in [2.75, 3.05) is 18.8 Å². The Labute approximate surface area is 178 Å². The fraction of sp³-hybridized carbons (Fsp3) is 0.381. The van der Waals surface area contributed by atoms with Crippen LogP contribution in [0.4, 0.5) is 5.82 Å². The number of hydrogen-bond donors (Lipinski definition) is 3. The van der Waals surface area contributed by atoms with Gasteiger partial charge in [0.2, 0.25) is 5.91 Å². The predicted molar refractivity (Wildman–Crippen MR) is 115 cm³/mol. The Bertz CT molecular complexity index is 1250. The summed E-state index contributed by atoms with van der Waals surface area (Å²) in [6.07, 6.45) is 3.08. The first kappa shape index (κ1) is 19.4.